The van der Waals surface area contributed by atoms with Crippen molar-refractivity contribution in [3.05, 3.63) is 59.7 Å². The number of urea groups is 1. The Labute approximate surface area is 177 Å². The third-order valence-electron chi connectivity index (χ3n) is 6.13. The highest BCUT2D eigenvalue weighted by Gasteiger charge is 2.54. The van der Waals surface area contributed by atoms with Crippen LogP contribution in [0.1, 0.15) is 30.9 Å². The zero-order valence-corrected chi connectivity index (χ0v) is 17.7. The van der Waals surface area contributed by atoms with Gasteiger partial charge >= 0.3 is 6.03 Å². The molecule has 6 nitrogen and oxygen atoms in total. The van der Waals surface area contributed by atoms with E-state index in [0.717, 1.165) is 16.7 Å². The lowest BCUT2D eigenvalue weighted by Gasteiger charge is -2.58. The van der Waals surface area contributed by atoms with E-state index < -0.39 is 0 Å². The summed E-state index contributed by atoms with van der Waals surface area (Å²) >= 11 is 0. The minimum Gasteiger partial charge on any atom is -0.394 e. The monoisotopic (exact) mass is 407 g/mol. The van der Waals surface area contributed by atoms with Crippen molar-refractivity contribution >= 4 is 11.9 Å². The normalized spacial score (nSPS) is 23.2. The summed E-state index contributed by atoms with van der Waals surface area (Å²) in [5.74, 6) is -0.0857. The molecule has 0 bridgehead atoms. The fraction of sp³-hybridized carbons (Fsp3) is 0.417. The van der Waals surface area contributed by atoms with Crippen molar-refractivity contribution in [1.82, 2.24) is 15.1 Å². The first kappa shape index (κ1) is 20.4. The quantitative estimate of drug-likeness (QED) is 0.819. The maximum atomic E-state index is 12.7. The SMILES string of the molecule is Cc1ccc(-c2ccc([C@H]3[C@H](CO)N4C(=O)CN(C(=O)NC(C)C)C[C@@H]34)cc2)cc1. The van der Waals surface area contributed by atoms with E-state index in [4.69, 9.17) is 0 Å². The van der Waals surface area contributed by atoms with Crippen LogP contribution >= 0.6 is 0 Å². The molecule has 2 aromatic carbocycles. The van der Waals surface area contributed by atoms with Gasteiger partial charge in [0.1, 0.15) is 6.54 Å². The number of carbonyl (C=O) groups excluding carboxylic acids is 2. The summed E-state index contributed by atoms with van der Waals surface area (Å²) in [5, 5.41) is 12.8. The van der Waals surface area contributed by atoms with E-state index in [1.807, 2.05) is 13.8 Å². The van der Waals surface area contributed by atoms with Gasteiger partial charge in [0.25, 0.3) is 0 Å². The molecule has 2 aliphatic heterocycles. The van der Waals surface area contributed by atoms with Crippen molar-refractivity contribution < 1.29 is 14.7 Å². The maximum absolute atomic E-state index is 12.7. The Morgan fingerprint density at radius 2 is 1.70 bits per heavy atom. The average Bonchev–Trinajstić information content (AvgIpc) is 2.70. The van der Waals surface area contributed by atoms with Crippen molar-refractivity contribution in [2.45, 2.75) is 44.8 Å². The summed E-state index contributed by atoms with van der Waals surface area (Å²) < 4.78 is 0. The lowest BCUT2D eigenvalue weighted by Crippen LogP contribution is -2.74. The number of aliphatic hydroxyl groups excluding tert-OH is 1. The van der Waals surface area contributed by atoms with Gasteiger partial charge in [0.2, 0.25) is 5.91 Å². The van der Waals surface area contributed by atoms with Crippen LogP contribution in [-0.2, 0) is 4.79 Å². The molecule has 6 heteroatoms. The van der Waals surface area contributed by atoms with Crippen molar-refractivity contribution in [2.24, 2.45) is 0 Å². The molecule has 158 valence electrons. The number of hydrogen-bond donors (Lipinski definition) is 2. The molecule has 0 saturated carbocycles. The number of fused-ring (bicyclic) bond motifs is 1. The highest BCUT2D eigenvalue weighted by atomic mass is 16.3. The van der Waals surface area contributed by atoms with Crippen LogP contribution in [0, 0.1) is 6.92 Å². The van der Waals surface area contributed by atoms with Crippen molar-refractivity contribution in [2.75, 3.05) is 19.7 Å². The summed E-state index contributed by atoms with van der Waals surface area (Å²) in [5.41, 5.74) is 4.60. The number of carbonyl (C=O) groups is 2. The summed E-state index contributed by atoms with van der Waals surface area (Å²) in [6.45, 7) is 6.33. The predicted molar refractivity (Wildman–Crippen MR) is 116 cm³/mol. The van der Waals surface area contributed by atoms with Crippen LogP contribution in [0.3, 0.4) is 0 Å². The highest BCUT2D eigenvalue weighted by molar-refractivity contribution is 5.87. The van der Waals surface area contributed by atoms with Crippen LogP contribution < -0.4 is 5.32 Å². The Hall–Kier alpha value is -2.86. The van der Waals surface area contributed by atoms with Crippen molar-refractivity contribution in [3.8, 4) is 11.1 Å². The van der Waals surface area contributed by atoms with Crippen LogP contribution in [0.4, 0.5) is 4.79 Å². The molecule has 0 unspecified atom stereocenters. The molecule has 2 saturated heterocycles. The number of benzene rings is 2. The molecule has 2 fully saturated rings. The summed E-state index contributed by atoms with van der Waals surface area (Å²) in [7, 11) is 0. The molecule has 0 aromatic heterocycles. The molecule has 3 atom stereocenters. The van der Waals surface area contributed by atoms with E-state index in [-0.39, 0.29) is 49.1 Å². The lowest BCUT2D eigenvalue weighted by molar-refractivity contribution is -0.159. The van der Waals surface area contributed by atoms with Gasteiger partial charge < -0.3 is 20.2 Å². The third-order valence-corrected chi connectivity index (χ3v) is 6.13. The van der Waals surface area contributed by atoms with Crippen LogP contribution in [-0.4, -0.2) is 64.7 Å². The Balaban J connectivity index is 1.54. The van der Waals surface area contributed by atoms with Crippen molar-refractivity contribution in [1.29, 1.82) is 0 Å². The van der Waals surface area contributed by atoms with E-state index in [9.17, 15) is 14.7 Å². The molecule has 0 aliphatic carbocycles. The van der Waals surface area contributed by atoms with Crippen LogP contribution in [0.2, 0.25) is 0 Å². The average molecular weight is 408 g/mol. The molecule has 4 rings (SSSR count). The van der Waals surface area contributed by atoms with Crippen molar-refractivity contribution in [3.63, 3.8) is 0 Å². The molecule has 0 spiro atoms. The molecule has 2 heterocycles. The zero-order chi connectivity index (χ0) is 21.4. The fourth-order valence-electron chi connectivity index (χ4n) is 4.64. The molecule has 2 N–H and O–H groups in total. The van der Waals surface area contributed by atoms with Gasteiger partial charge in [-0.3, -0.25) is 4.79 Å². The molecule has 2 aromatic rings. The first-order valence-electron chi connectivity index (χ1n) is 10.5. The van der Waals surface area contributed by atoms with Gasteiger partial charge in [-0.25, -0.2) is 4.79 Å². The fourth-order valence-corrected chi connectivity index (χ4v) is 4.64. The van der Waals surface area contributed by atoms with Gasteiger partial charge in [-0.2, -0.15) is 0 Å². The van der Waals surface area contributed by atoms with Crippen LogP contribution in [0.5, 0.6) is 0 Å². The maximum Gasteiger partial charge on any atom is 0.318 e. The van der Waals surface area contributed by atoms with Gasteiger partial charge in [-0.05, 0) is 37.5 Å². The second-order valence-electron chi connectivity index (χ2n) is 8.62. The summed E-state index contributed by atoms with van der Waals surface area (Å²) in [6, 6.07) is 16.2. The van der Waals surface area contributed by atoms with Gasteiger partial charge in [0.05, 0.1) is 18.7 Å². The summed E-state index contributed by atoms with van der Waals surface area (Å²) in [4.78, 5) is 28.5. The van der Waals surface area contributed by atoms with Gasteiger partial charge in [0, 0.05) is 18.5 Å². The number of amides is 3. The molecule has 30 heavy (non-hydrogen) atoms. The van der Waals surface area contributed by atoms with E-state index in [1.165, 1.54) is 5.56 Å². The van der Waals surface area contributed by atoms with Crippen LogP contribution in [0.15, 0.2) is 48.5 Å². The number of nitrogens with zero attached hydrogens (tertiary/aromatic N) is 2. The molecular formula is C24H29N3O3. The molecule has 3 amide bonds. The Morgan fingerprint density at radius 3 is 2.27 bits per heavy atom. The number of aliphatic hydroxyl groups is 1. The number of aryl methyl sites for hydroxylation is 1. The predicted octanol–water partition coefficient (Wildman–Crippen LogP) is 2.75. The first-order chi connectivity index (χ1) is 14.4. The minimum atomic E-state index is -0.233. The molecule has 2 aliphatic rings. The Bertz CT molecular complexity index is 924. The Morgan fingerprint density at radius 1 is 1.10 bits per heavy atom. The van der Waals surface area contributed by atoms with E-state index in [1.54, 1.807) is 9.80 Å². The van der Waals surface area contributed by atoms with Gasteiger partial charge in [0.15, 0.2) is 0 Å². The minimum absolute atomic E-state index is 0.0145. The number of piperazine rings is 1. The number of rotatable bonds is 4. The third kappa shape index (κ3) is 3.67. The summed E-state index contributed by atoms with van der Waals surface area (Å²) in [6.07, 6.45) is 0. The first-order valence-corrected chi connectivity index (χ1v) is 10.5. The molecule has 0 radical (unpaired) electrons. The zero-order valence-electron chi connectivity index (χ0n) is 17.7. The van der Waals surface area contributed by atoms with Crippen LogP contribution in [0.25, 0.3) is 11.1 Å². The van der Waals surface area contributed by atoms with E-state index in [2.05, 4.69) is 60.8 Å². The second-order valence-corrected chi connectivity index (χ2v) is 8.62. The number of hydrogen-bond acceptors (Lipinski definition) is 3. The van der Waals surface area contributed by atoms with E-state index >= 15 is 0 Å². The van der Waals surface area contributed by atoms with E-state index in [0.29, 0.717) is 6.54 Å². The number of nitrogens with one attached hydrogen (secondary N) is 1. The topological polar surface area (TPSA) is 72.9 Å². The van der Waals surface area contributed by atoms with Gasteiger partial charge in [-0.15, -0.1) is 0 Å². The second kappa shape index (κ2) is 8.11. The Kier molecular flexibility index (Phi) is 5.52. The standard InChI is InChI=1S/C24H29N3O3/c1-15(2)25-24(30)26-12-20-23(21(14-28)27(20)22(29)13-26)19-10-8-18(9-11-19)17-6-4-16(3)5-7-17/h4-11,15,20-21,23,28H,12-14H2,1-3H3,(H,25,30)/t20-,21-,23+/m0/s1. The largest absolute Gasteiger partial charge is 0.394 e. The lowest BCUT2D eigenvalue weighted by atomic mass is 9.73. The van der Waals surface area contributed by atoms with Gasteiger partial charge in [-0.1, -0.05) is 54.1 Å². The highest BCUT2D eigenvalue weighted by Crippen LogP contribution is 2.43. The molecular weight excluding hydrogens is 378 g/mol. The smallest absolute Gasteiger partial charge is 0.318 e.